The van der Waals surface area contributed by atoms with Crippen molar-refractivity contribution in [1.29, 1.82) is 0 Å². The van der Waals surface area contributed by atoms with Gasteiger partial charge in [-0.15, -0.1) is 0 Å². The van der Waals surface area contributed by atoms with Crippen LogP contribution in [0.5, 0.6) is 5.75 Å². The van der Waals surface area contributed by atoms with Crippen LogP contribution in [0.25, 0.3) is 6.08 Å². The van der Waals surface area contributed by atoms with E-state index in [9.17, 15) is 9.59 Å². The molecule has 134 valence electrons. The van der Waals surface area contributed by atoms with Gasteiger partial charge in [-0.1, -0.05) is 23.7 Å². The van der Waals surface area contributed by atoms with Crippen LogP contribution >= 0.6 is 55.2 Å². The van der Waals surface area contributed by atoms with Gasteiger partial charge in [0.15, 0.2) is 0 Å². The lowest BCUT2D eigenvalue weighted by atomic mass is 10.2. The predicted molar refractivity (Wildman–Crippen MR) is 111 cm³/mol. The Labute approximate surface area is 176 Å². The van der Waals surface area contributed by atoms with Gasteiger partial charge in [-0.25, -0.2) is 0 Å². The van der Waals surface area contributed by atoms with Crippen LogP contribution in [0.4, 0.5) is 4.79 Å². The molecule has 2 amide bonds. The first-order chi connectivity index (χ1) is 12.3. The van der Waals surface area contributed by atoms with E-state index in [0.717, 1.165) is 36.7 Å². The zero-order valence-corrected chi connectivity index (χ0v) is 18.2. The molecule has 2 aromatic rings. The van der Waals surface area contributed by atoms with E-state index in [-0.39, 0.29) is 11.1 Å². The molecule has 8 heteroatoms. The summed E-state index contributed by atoms with van der Waals surface area (Å²) in [7, 11) is 1.47. The fourth-order valence-electron chi connectivity index (χ4n) is 2.23. The summed E-state index contributed by atoms with van der Waals surface area (Å²) in [6.07, 6.45) is 1.69. The average molecular weight is 518 g/mol. The maximum atomic E-state index is 12.0. The van der Waals surface area contributed by atoms with Gasteiger partial charge in [0.2, 0.25) is 0 Å². The van der Waals surface area contributed by atoms with Crippen molar-refractivity contribution in [3.8, 4) is 5.75 Å². The van der Waals surface area contributed by atoms with Crippen molar-refractivity contribution >= 4 is 72.4 Å². The van der Waals surface area contributed by atoms with Crippen molar-refractivity contribution in [2.75, 3.05) is 7.05 Å². The minimum Gasteiger partial charge on any atom is -0.487 e. The first-order valence-corrected chi connectivity index (χ1v) is 10.2. The van der Waals surface area contributed by atoms with Gasteiger partial charge in [0.25, 0.3) is 11.1 Å². The maximum Gasteiger partial charge on any atom is 0.293 e. The number of carbonyl (C=O) groups is 2. The van der Waals surface area contributed by atoms with Gasteiger partial charge in [-0.3, -0.25) is 14.5 Å². The fourth-order valence-corrected chi connectivity index (χ4v) is 4.64. The third kappa shape index (κ3) is 4.34. The molecule has 0 aliphatic carbocycles. The Morgan fingerprint density at radius 1 is 1.15 bits per heavy atom. The first-order valence-electron chi connectivity index (χ1n) is 7.43. The van der Waals surface area contributed by atoms with Crippen LogP contribution in [0, 0.1) is 0 Å². The number of likely N-dealkylation sites (N-methyl/N-ethyl adjacent to an activating group) is 1. The lowest BCUT2D eigenvalue weighted by molar-refractivity contribution is -0.121. The quantitative estimate of drug-likeness (QED) is 0.459. The van der Waals surface area contributed by atoms with Crippen molar-refractivity contribution < 1.29 is 14.3 Å². The molecule has 1 aliphatic rings. The normalized spacial score (nSPS) is 15.8. The fraction of sp³-hybridized carbons (Fsp3) is 0.111. The van der Waals surface area contributed by atoms with Gasteiger partial charge in [-0.05, 0) is 85.1 Å². The van der Waals surface area contributed by atoms with Crippen molar-refractivity contribution in [1.82, 2.24) is 4.90 Å². The Morgan fingerprint density at radius 2 is 1.77 bits per heavy atom. The number of ether oxygens (including phenoxy) is 1. The van der Waals surface area contributed by atoms with Crippen LogP contribution in [0.15, 0.2) is 50.2 Å². The van der Waals surface area contributed by atoms with E-state index in [2.05, 4.69) is 31.9 Å². The number of rotatable bonds is 4. The zero-order valence-electron chi connectivity index (χ0n) is 13.5. The van der Waals surface area contributed by atoms with Gasteiger partial charge < -0.3 is 4.74 Å². The Kier molecular flexibility index (Phi) is 6.12. The minimum absolute atomic E-state index is 0.276. The number of carbonyl (C=O) groups excluding carboxylic acids is 2. The molecule has 0 aromatic heterocycles. The van der Waals surface area contributed by atoms with Gasteiger partial charge in [0.1, 0.15) is 12.4 Å². The number of amides is 2. The summed E-state index contributed by atoms with van der Waals surface area (Å²) in [5.41, 5.74) is 1.77. The van der Waals surface area contributed by atoms with Crippen LogP contribution in [0.3, 0.4) is 0 Å². The smallest absolute Gasteiger partial charge is 0.293 e. The summed E-state index contributed by atoms with van der Waals surface area (Å²) in [4.78, 5) is 25.1. The monoisotopic (exact) mass is 515 g/mol. The average Bonchev–Trinajstić information content (AvgIpc) is 2.83. The van der Waals surface area contributed by atoms with E-state index in [4.69, 9.17) is 16.3 Å². The highest BCUT2D eigenvalue weighted by Crippen LogP contribution is 2.37. The third-order valence-electron chi connectivity index (χ3n) is 3.60. The summed E-state index contributed by atoms with van der Waals surface area (Å²) < 4.78 is 7.36. The number of halogens is 3. The number of hydrogen-bond acceptors (Lipinski definition) is 4. The lowest BCUT2D eigenvalue weighted by Crippen LogP contribution is -2.22. The molecule has 1 saturated heterocycles. The summed E-state index contributed by atoms with van der Waals surface area (Å²) in [5, 5.41) is 0.402. The molecule has 0 unspecified atom stereocenters. The van der Waals surface area contributed by atoms with E-state index < -0.39 is 0 Å². The third-order valence-corrected chi connectivity index (χ3v) is 5.99. The standard InChI is InChI=1S/C18H12Br2ClNO3S/c1-22-17(23)15(26-18(22)24)8-11-6-13(19)16(14(20)7-11)25-9-10-2-4-12(21)5-3-10/h2-8H,9H2,1H3/b15-8-. The molecule has 4 nitrogen and oxygen atoms in total. The second-order valence-electron chi connectivity index (χ2n) is 5.47. The maximum absolute atomic E-state index is 12.0. The van der Waals surface area contributed by atoms with Crippen molar-refractivity contribution in [2.45, 2.75) is 6.61 Å². The number of thioether (sulfide) groups is 1. The van der Waals surface area contributed by atoms with Crippen LogP contribution in [-0.2, 0) is 11.4 Å². The summed E-state index contributed by atoms with van der Waals surface area (Å²) in [6.45, 7) is 0.391. The van der Waals surface area contributed by atoms with E-state index in [1.165, 1.54) is 7.05 Å². The molecular formula is C18H12Br2ClNO3S. The molecule has 0 atom stereocenters. The van der Waals surface area contributed by atoms with Gasteiger partial charge in [0, 0.05) is 12.1 Å². The van der Waals surface area contributed by atoms with E-state index in [1.807, 2.05) is 36.4 Å². The molecular weight excluding hydrogens is 506 g/mol. The molecule has 1 aliphatic heterocycles. The van der Waals surface area contributed by atoms with Crippen molar-refractivity contribution in [3.05, 3.63) is 66.4 Å². The highest BCUT2D eigenvalue weighted by atomic mass is 79.9. The second-order valence-corrected chi connectivity index (χ2v) is 8.61. The summed E-state index contributed by atoms with van der Waals surface area (Å²) in [5.74, 6) is 0.357. The molecule has 2 aromatic carbocycles. The van der Waals surface area contributed by atoms with Crippen LogP contribution in [-0.4, -0.2) is 23.1 Å². The Morgan fingerprint density at radius 3 is 2.31 bits per heavy atom. The molecule has 1 fully saturated rings. The number of nitrogens with zero attached hydrogens (tertiary/aromatic N) is 1. The summed E-state index contributed by atoms with van der Waals surface area (Å²) >= 11 is 13.8. The molecule has 3 rings (SSSR count). The van der Waals surface area contributed by atoms with Crippen molar-refractivity contribution in [2.24, 2.45) is 0 Å². The molecule has 0 bridgehead atoms. The van der Waals surface area contributed by atoms with Crippen LogP contribution in [0.1, 0.15) is 11.1 Å². The lowest BCUT2D eigenvalue weighted by Gasteiger charge is -2.12. The molecule has 0 spiro atoms. The number of imide groups is 1. The SMILES string of the molecule is CN1C(=O)S/C(=C\c2cc(Br)c(OCc3ccc(Cl)cc3)c(Br)c2)C1=O. The predicted octanol–water partition coefficient (Wildman–Crippen LogP) is 6.11. The van der Waals surface area contributed by atoms with Crippen LogP contribution < -0.4 is 4.74 Å². The highest BCUT2D eigenvalue weighted by molar-refractivity contribution is 9.11. The van der Waals surface area contributed by atoms with E-state index in [1.54, 1.807) is 6.08 Å². The number of hydrogen-bond donors (Lipinski definition) is 0. The highest BCUT2D eigenvalue weighted by Gasteiger charge is 2.31. The Hall–Kier alpha value is -1.28. The van der Waals surface area contributed by atoms with E-state index >= 15 is 0 Å². The Bertz CT molecular complexity index is 892. The van der Waals surface area contributed by atoms with E-state index in [0.29, 0.717) is 22.3 Å². The van der Waals surface area contributed by atoms with Gasteiger partial charge >= 0.3 is 0 Å². The first kappa shape index (κ1) is 19.5. The minimum atomic E-state index is -0.296. The largest absolute Gasteiger partial charge is 0.487 e. The second kappa shape index (κ2) is 8.17. The van der Waals surface area contributed by atoms with Gasteiger partial charge in [0.05, 0.1) is 13.9 Å². The van der Waals surface area contributed by atoms with Gasteiger partial charge in [-0.2, -0.15) is 0 Å². The Balaban J connectivity index is 1.79. The van der Waals surface area contributed by atoms with Crippen LogP contribution in [0.2, 0.25) is 5.02 Å². The zero-order chi connectivity index (χ0) is 18.8. The topological polar surface area (TPSA) is 46.6 Å². The molecule has 1 heterocycles. The molecule has 0 N–H and O–H groups in total. The molecule has 0 saturated carbocycles. The summed E-state index contributed by atoms with van der Waals surface area (Å²) in [6, 6.07) is 11.1. The molecule has 0 radical (unpaired) electrons. The number of benzene rings is 2. The molecule has 26 heavy (non-hydrogen) atoms. The van der Waals surface area contributed by atoms with Crippen molar-refractivity contribution in [3.63, 3.8) is 0 Å².